The molecule has 0 aliphatic rings. The molecule has 1 aromatic carbocycles. The van der Waals surface area contributed by atoms with Gasteiger partial charge in [-0.05, 0) is 24.1 Å². The van der Waals surface area contributed by atoms with Crippen LogP contribution in [0.5, 0.6) is 0 Å². The molecule has 0 radical (unpaired) electrons. The Hall–Kier alpha value is -2.14. The molecule has 1 aromatic heterocycles. The first-order valence-corrected chi connectivity index (χ1v) is 6.39. The minimum absolute atomic E-state index is 0.0258. The summed E-state index contributed by atoms with van der Waals surface area (Å²) >= 11 is 5.81. The topological polar surface area (TPSA) is 76.2 Å². The number of benzene rings is 1. The Morgan fingerprint density at radius 2 is 2.00 bits per heavy atom. The number of carboxylic acids is 1. The zero-order valence-electron chi connectivity index (χ0n) is 10.7. The van der Waals surface area contributed by atoms with Crippen LogP contribution in [0.2, 0.25) is 5.02 Å². The summed E-state index contributed by atoms with van der Waals surface area (Å²) in [7, 11) is 0. The van der Waals surface area contributed by atoms with Gasteiger partial charge in [-0.2, -0.15) is 4.98 Å². The molecule has 0 aliphatic heterocycles. The van der Waals surface area contributed by atoms with E-state index in [-0.39, 0.29) is 17.9 Å². The Labute approximate surface area is 120 Å². The molecule has 104 valence electrons. The Bertz CT molecular complexity index is 620. The smallest absolute Gasteiger partial charge is 0.331 e. The van der Waals surface area contributed by atoms with Crippen molar-refractivity contribution in [3.63, 3.8) is 0 Å². The molecule has 2 aromatic rings. The Morgan fingerprint density at radius 1 is 1.30 bits per heavy atom. The number of hydrogen-bond donors (Lipinski definition) is 1. The molecule has 1 N–H and O–H groups in total. The molecule has 20 heavy (non-hydrogen) atoms. The first kappa shape index (κ1) is 14.3. The maximum Gasteiger partial charge on any atom is 0.331 e. The van der Waals surface area contributed by atoms with Crippen LogP contribution in [-0.4, -0.2) is 21.2 Å². The van der Waals surface area contributed by atoms with Crippen molar-refractivity contribution in [1.29, 1.82) is 0 Å². The number of nitrogens with zero attached hydrogens (tertiary/aromatic N) is 2. The van der Waals surface area contributed by atoms with Crippen molar-refractivity contribution in [2.24, 2.45) is 0 Å². The van der Waals surface area contributed by atoms with E-state index in [0.717, 1.165) is 12.0 Å². The van der Waals surface area contributed by atoms with Crippen LogP contribution in [0.3, 0.4) is 0 Å². The molecule has 0 saturated heterocycles. The van der Waals surface area contributed by atoms with Gasteiger partial charge in [0.25, 0.3) is 0 Å². The number of aryl methyl sites for hydroxylation is 2. The quantitative estimate of drug-likeness (QED) is 0.828. The van der Waals surface area contributed by atoms with Crippen LogP contribution >= 0.6 is 11.6 Å². The van der Waals surface area contributed by atoms with Crippen LogP contribution < -0.4 is 0 Å². The summed E-state index contributed by atoms with van der Waals surface area (Å²) in [5, 5.41) is 13.2. The van der Waals surface area contributed by atoms with Gasteiger partial charge in [0.2, 0.25) is 5.89 Å². The zero-order valence-corrected chi connectivity index (χ0v) is 11.4. The van der Waals surface area contributed by atoms with Gasteiger partial charge in [-0.3, -0.25) is 0 Å². The van der Waals surface area contributed by atoms with Gasteiger partial charge in [-0.25, -0.2) is 4.79 Å². The number of hydrogen-bond acceptors (Lipinski definition) is 4. The number of carbonyl (C=O) groups is 1. The number of aliphatic carboxylic acids is 1. The van der Waals surface area contributed by atoms with Crippen molar-refractivity contribution >= 4 is 17.6 Å². The second kappa shape index (κ2) is 6.34. The number of carboxylic acid groups (broad SMARTS) is 1. The summed E-state index contributed by atoms with van der Waals surface area (Å²) in [6.45, 7) is 3.42. The lowest BCUT2D eigenvalue weighted by Crippen LogP contribution is -2.02. The minimum Gasteiger partial charge on any atom is -0.478 e. The summed E-state index contributed by atoms with van der Waals surface area (Å²) in [6, 6.07) is 7.54. The average Bonchev–Trinajstić information content (AvgIpc) is 2.85. The third-order valence-electron chi connectivity index (χ3n) is 2.73. The monoisotopic (exact) mass is 292 g/mol. The van der Waals surface area contributed by atoms with Crippen LogP contribution in [-0.2, 0) is 24.1 Å². The SMILES string of the molecule is C=C(Cc1nc(CCc2ccc(Cl)cc2)no1)C(=O)O. The Kier molecular flexibility index (Phi) is 4.53. The second-order valence-corrected chi connectivity index (χ2v) is 4.75. The highest BCUT2D eigenvalue weighted by Gasteiger charge is 2.11. The molecule has 5 nitrogen and oxygen atoms in total. The van der Waals surface area contributed by atoms with Crippen LogP contribution in [0.15, 0.2) is 40.9 Å². The highest BCUT2D eigenvalue weighted by Crippen LogP contribution is 2.12. The molecule has 1 heterocycles. The summed E-state index contributed by atoms with van der Waals surface area (Å²) in [5.74, 6) is -0.248. The lowest BCUT2D eigenvalue weighted by atomic mass is 10.1. The van der Waals surface area contributed by atoms with E-state index in [0.29, 0.717) is 17.3 Å². The van der Waals surface area contributed by atoms with Gasteiger partial charge in [-0.15, -0.1) is 0 Å². The molecular weight excluding hydrogens is 280 g/mol. The largest absolute Gasteiger partial charge is 0.478 e. The summed E-state index contributed by atoms with van der Waals surface area (Å²) in [4.78, 5) is 14.8. The van der Waals surface area contributed by atoms with Crippen molar-refractivity contribution in [1.82, 2.24) is 10.1 Å². The van der Waals surface area contributed by atoms with Crippen LogP contribution in [0, 0.1) is 0 Å². The van der Waals surface area contributed by atoms with E-state index >= 15 is 0 Å². The Balaban J connectivity index is 1.91. The number of rotatable bonds is 6. The first-order chi connectivity index (χ1) is 9.54. The molecule has 0 unspecified atom stereocenters. The molecule has 0 spiro atoms. The number of aromatic nitrogens is 2. The molecule has 0 atom stereocenters. The third-order valence-corrected chi connectivity index (χ3v) is 2.98. The van der Waals surface area contributed by atoms with Gasteiger partial charge in [0.15, 0.2) is 5.82 Å². The van der Waals surface area contributed by atoms with E-state index in [9.17, 15) is 4.79 Å². The van der Waals surface area contributed by atoms with E-state index in [1.165, 1.54) is 0 Å². The van der Waals surface area contributed by atoms with Crippen molar-refractivity contribution in [3.8, 4) is 0 Å². The molecular formula is C14H13ClN2O3. The fraction of sp³-hybridized carbons (Fsp3) is 0.214. The van der Waals surface area contributed by atoms with Crippen LogP contribution in [0.1, 0.15) is 17.3 Å². The van der Waals surface area contributed by atoms with E-state index in [1.54, 1.807) is 0 Å². The summed E-state index contributed by atoms with van der Waals surface area (Å²) in [5.41, 5.74) is 1.15. The van der Waals surface area contributed by atoms with Crippen LogP contribution in [0.4, 0.5) is 0 Å². The van der Waals surface area contributed by atoms with E-state index in [2.05, 4.69) is 16.7 Å². The molecule has 2 rings (SSSR count). The lowest BCUT2D eigenvalue weighted by Gasteiger charge is -1.98. The molecule has 0 fully saturated rings. The van der Waals surface area contributed by atoms with Crippen molar-refractivity contribution < 1.29 is 14.4 Å². The predicted molar refractivity (Wildman–Crippen MR) is 73.6 cm³/mol. The molecule has 0 aliphatic carbocycles. The molecule has 0 bridgehead atoms. The lowest BCUT2D eigenvalue weighted by molar-refractivity contribution is -0.132. The minimum atomic E-state index is -1.06. The maximum absolute atomic E-state index is 10.6. The fourth-order valence-electron chi connectivity index (χ4n) is 1.63. The molecule has 0 amide bonds. The van der Waals surface area contributed by atoms with Crippen molar-refractivity contribution in [3.05, 3.63) is 58.7 Å². The van der Waals surface area contributed by atoms with Gasteiger partial charge < -0.3 is 9.63 Å². The maximum atomic E-state index is 10.6. The highest BCUT2D eigenvalue weighted by atomic mass is 35.5. The Morgan fingerprint density at radius 3 is 2.65 bits per heavy atom. The van der Waals surface area contributed by atoms with E-state index in [4.69, 9.17) is 21.2 Å². The fourth-order valence-corrected chi connectivity index (χ4v) is 1.75. The van der Waals surface area contributed by atoms with Crippen LogP contribution in [0.25, 0.3) is 0 Å². The third kappa shape index (κ3) is 3.93. The first-order valence-electron chi connectivity index (χ1n) is 6.01. The van der Waals surface area contributed by atoms with Gasteiger partial charge in [-0.1, -0.05) is 35.5 Å². The summed E-state index contributed by atoms with van der Waals surface area (Å²) in [6.07, 6.45) is 1.43. The van der Waals surface area contributed by atoms with Gasteiger partial charge in [0, 0.05) is 17.0 Å². The van der Waals surface area contributed by atoms with Gasteiger partial charge in [0.05, 0.1) is 6.42 Å². The molecule has 0 saturated carbocycles. The average molecular weight is 293 g/mol. The molecule has 6 heteroatoms. The second-order valence-electron chi connectivity index (χ2n) is 4.32. The van der Waals surface area contributed by atoms with Crippen molar-refractivity contribution in [2.45, 2.75) is 19.3 Å². The summed E-state index contributed by atoms with van der Waals surface area (Å²) < 4.78 is 4.99. The van der Waals surface area contributed by atoms with Crippen molar-refractivity contribution in [2.75, 3.05) is 0 Å². The number of halogens is 1. The van der Waals surface area contributed by atoms with E-state index in [1.807, 2.05) is 24.3 Å². The highest BCUT2D eigenvalue weighted by molar-refractivity contribution is 6.30. The van der Waals surface area contributed by atoms with Gasteiger partial charge >= 0.3 is 5.97 Å². The van der Waals surface area contributed by atoms with E-state index < -0.39 is 5.97 Å². The normalized spacial score (nSPS) is 10.4. The zero-order chi connectivity index (χ0) is 14.5. The standard InChI is InChI=1S/C14H13ClN2O3/c1-9(14(18)19)8-13-16-12(17-20-13)7-4-10-2-5-11(15)6-3-10/h2-3,5-6H,1,4,7-8H2,(H,18,19). The predicted octanol–water partition coefficient (Wildman–Crippen LogP) is 2.69. The van der Waals surface area contributed by atoms with Gasteiger partial charge in [0.1, 0.15) is 0 Å².